The first-order chi connectivity index (χ1) is 8.04. The molecule has 0 saturated heterocycles. The number of hydrogen-bond donors (Lipinski definition) is 2. The maximum absolute atomic E-state index is 9.35. The van der Waals surface area contributed by atoms with Gasteiger partial charge < -0.3 is 20.5 Å². The number of aliphatic hydroxyl groups excluding tert-OH is 1. The number of nitrogens with zero attached hydrogens (tertiary/aromatic N) is 1. The number of nitrogens with two attached hydrogens (primary N) is 1. The van der Waals surface area contributed by atoms with E-state index in [-0.39, 0.29) is 6.10 Å². The van der Waals surface area contributed by atoms with Crippen LogP contribution in [0.5, 0.6) is 5.75 Å². The monoisotopic (exact) mass is 238 g/mol. The topological polar surface area (TPSA) is 58.7 Å². The second-order valence-corrected chi connectivity index (χ2v) is 4.30. The van der Waals surface area contributed by atoms with E-state index in [1.807, 2.05) is 30.1 Å². The van der Waals surface area contributed by atoms with Crippen molar-refractivity contribution in [2.45, 2.75) is 26.4 Å². The first-order valence-corrected chi connectivity index (χ1v) is 5.96. The molecular formula is C13H22N2O2. The lowest BCUT2D eigenvalue weighted by atomic mass is 10.2. The maximum atomic E-state index is 9.35. The molecule has 0 aromatic heterocycles. The molecule has 0 bridgehead atoms. The summed E-state index contributed by atoms with van der Waals surface area (Å²) in [5.74, 6) is 0.710. The highest BCUT2D eigenvalue weighted by Crippen LogP contribution is 2.27. The largest absolute Gasteiger partial charge is 0.491 e. The average molecular weight is 238 g/mol. The Morgan fingerprint density at radius 3 is 2.76 bits per heavy atom. The van der Waals surface area contributed by atoms with E-state index in [0.717, 1.165) is 12.1 Å². The Morgan fingerprint density at radius 1 is 1.47 bits per heavy atom. The zero-order valence-corrected chi connectivity index (χ0v) is 10.8. The van der Waals surface area contributed by atoms with Crippen LogP contribution in [0, 0.1) is 0 Å². The summed E-state index contributed by atoms with van der Waals surface area (Å²) in [6.45, 7) is 5.06. The van der Waals surface area contributed by atoms with Gasteiger partial charge in [-0.05, 0) is 25.5 Å². The van der Waals surface area contributed by atoms with Crippen LogP contribution in [0.25, 0.3) is 0 Å². The first-order valence-electron chi connectivity index (χ1n) is 5.96. The minimum atomic E-state index is -0.363. The van der Waals surface area contributed by atoms with Gasteiger partial charge in [-0.2, -0.15) is 0 Å². The van der Waals surface area contributed by atoms with E-state index >= 15 is 0 Å². The van der Waals surface area contributed by atoms with Crippen LogP contribution in [-0.2, 0) is 0 Å². The van der Waals surface area contributed by atoms with Crippen LogP contribution in [0.1, 0.15) is 20.3 Å². The lowest BCUT2D eigenvalue weighted by Gasteiger charge is -2.22. The molecular weight excluding hydrogens is 216 g/mol. The van der Waals surface area contributed by atoms with E-state index in [1.54, 1.807) is 6.92 Å². The molecule has 0 spiro atoms. The third-order valence-corrected chi connectivity index (χ3v) is 2.44. The molecule has 0 saturated carbocycles. The minimum absolute atomic E-state index is 0.363. The van der Waals surface area contributed by atoms with Crippen LogP contribution >= 0.6 is 0 Å². The smallest absolute Gasteiger partial charge is 0.144 e. The normalized spacial score (nSPS) is 12.2. The Balaban J connectivity index is 2.80. The summed E-state index contributed by atoms with van der Waals surface area (Å²) in [5.41, 5.74) is 7.48. The second-order valence-electron chi connectivity index (χ2n) is 4.30. The summed E-state index contributed by atoms with van der Waals surface area (Å²) in [6.07, 6.45) is 0.588. The molecule has 0 aliphatic carbocycles. The Hall–Kier alpha value is -1.42. The van der Waals surface area contributed by atoms with Gasteiger partial charge in [-0.3, -0.25) is 0 Å². The van der Waals surface area contributed by atoms with Gasteiger partial charge in [0.1, 0.15) is 5.75 Å². The number of aliphatic hydroxyl groups is 1. The molecule has 1 unspecified atom stereocenters. The molecule has 0 aliphatic heterocycles. The summed E-state index contributed by atoms with van der Waals surface area (Å²) in [4.78, 5) is 1.98. The molecule has 0 heterocycles. The highest BCUT2D eigenvalue weighted by molar-refractivity contribution is 5.62. The molecule has 4 heteroatoms. The number of hydrogen-bond acceptors (Lipinski definition) is 4. The van der Waals surface area contributed by atoms with Gasteiger partial charge in [0.25, 0.3) is 0 Å². The van der Waals surface area contributed by atoms with Crippen molar-refractivity contribution in [3.63, 3.8) is 0 Å². The van der Waals surface area contributed by atoms with Gasteiger partial charge in [-0.25, -0.2) is 0 Å². The molecule has 17 heavy (non-hydrogen) atoms. The third-order valence-electron chi connectivity index (χ3n) is 2.44. The third kappa shape index (κ3) is 4.15. The second kappa shape index (κ2) is 6.35. The Morgan fingerprint density at radius 2 is 2.18 bits per heavy atom. The predicted octanol–water partition coefficient (Wildman–Crippen LogP) is 1.87. The number of ether oxygens (including phenoxy) is 1. The van der Waals surface area contributed by atoms with Crippen molar-refractivity contribution in [1.82, 2.24) is 0 Å². The Bertz CT molecular complexity index is 353. The summed E-state index contributed by atoms with van der Waals surface area (Å²) < 4.78 is 5.57. The number of anilines is 2. The van der Waals surface area contributed by atoms with Crippen molar-refractivity contribution in [2.75, 3.05) is 30.8 Å². The van der Waals surface area contributed by atoms with E-state index in [9.17, 15) is 5.11 Å². The van der Waals surface area contributed by atoms with Gasteiger partial charge in [0.15, 0.2) is 0 Å². The Kier molecular flexibility index (Phi) is 5.10. The van der Waals surface area contributed by atoms with Gasteiger partial charge in [0.05, 0.1) is 18.4 Å². The quantitative estimate of drug-likeness (QED) is 0.743. The van der Waals surface area contributed by atoms with Crippen molar-refractivity contribution >= 4 is 11.4 Å². The van der Waals surface area contributed by atoms with Gasteiger partial charge >= 0.3 is 0 Å². The Labute approximate surface area is 103 Å². The zero-order chi connectivity index (χ0) is 12.8. The van der Waals surface area contributed by atoms with E-state index in [0.29, 0.717) is 24.6 Å². The van der Waals surface area contributed by atoms with E-state index in [2.05, 4.69) is 6.92 Å². The maximum Gasteiger partial charge on any atom is 0.144 e. The van der Waals surface area contributed by atoms with Crippen molar-refractivity contribution in [1.29, 1.82) is 0 Å². The van der Waals surface area contributed by atoms with E-state index in [4.69, 9.17) is 10.5 Å². The van der Waals surface area contributed by atoms with Gasteiger partial charge in [-0.1, -0.05) is 6.92 Å². The van der Waals surface area contributed by atoms with Gasteiger partial charge in [0.2, 0.25) is 0 Å². The molecule has 0 amide bonds. The van der Waals surface area contributed by atoms with Gasteiger partial charge in [0, 0.05) is 25.3 Å². The fraction of sp³-hybridized carbons (Fsp3) is 0.538. The molecule has 1 aromatic carbocycles. The average Bonchev–Trinajstić information content (AvgIpc) is 2.27. The van der Waals surface area contributed by atoms with Crippen LogP contribution in [0.15, 0.2) is 18.2 Å². The van der Waals surface area contributed by atoms with Crippen LogP contribution in [-0.4, -0.2) is 31.4 Å². The standard InChI is InChI=1S/C13H22N2O2/c1-4-7-17-13-8-11(5-6-12(13)14)15(3)9-10(2)16/h5-6,8,10,16H,4,7,9,14H2,1-3H3. The molecule has 0 fully saturated rings. The summed E-state index contributed by atoms with van der Waals surface area (Å²) >= 11 is 0. The SMILES string of the molecule is CCCOc1cc(N(C)CC(C)O)ccc1N. The number of likely N-dealkylation sites (N-methyl/N-ethyl adjacent to an activating group) is 1. The zero-order valence-electron chi connectivity index (χ0n) is 10.8. The highest BCUT2D eigenvalue weighted by atomic mass is 16.5. The first kappa shape index (κ1) is 13.6. The highest BCUT2D eigenvalue weighted by Gasteiger charge is 2.07. The van der Waals surface area contributed by atoms with Gasteiger partial charge in [-0.15, -0.1) is 0 Å². The van der Waals surface area contributed by atoms with Crippen molar-refractivity contribution in [2.24, 2.45) is 0 Å². The van der Waals surface area contributed by atoms with Crippen LogP contribution in [0.2, 0.25) is 0 Å². The predicted molar refractivity (Wildman–Crippen MR) is 71.6 cm³/mol. The van der Waals surface area contributed by atoms with Crippen molar-refractivity contribution < 1.29 is 9.84 Å². The summed E-state index contributed by atoms with van der Waals surface area (Å²) in [6, 6.07) is 5.67. The summed E-state index contributed by atoms with van der Waals surface area (Å²) in [7, 11) is 1.93. The fourth-order valence-electron chi connectivity index (χ4n) is 1.60. The van der Waals surface area contributed by atoms with E-state index in [1.165, 1.54) is 0 Å². The van der Waals surface area contributed by atoms with E-state index < -0.39 is 0 Å². The molecule has 1 rings (SSSR count). The number of rotatable bonds is 6. The molecule has 3 N–H and O–H groups in total. The van der Waals surface area contributed by atoms with Crippen LogP contribution < -0.4 is 15.4 Å². The minimum Gasteiger partial charge on any atom is -0.491 e. The molecule has 0 aliphatic rings. The lowest BCUT2D eigenvalue weighted by Crippen LogP contribution is -2.26. The number of nitrogen functional groups attached to an aromatic ring is 1. The summed E-state index contributed by atoms with van der Waals surface area (Å²) in [5, 5.41) is 9.35. The molecule has 4 nitrogen and oxygen atoms in total. The van der Waals surface area contributed by atoms with Crippen molar-refractivity contribution in [3.05, 3.63) is 18.2 Å². The lowest BCUT2D eigenvalue weighted by molar-refractivity contribution is 0.201. The molecule has 1 atom stereocenters. The van der Waals surface area contributed by atoms with Crippen molar-refractivity contribution in [3.8, 4) is 5.75 Å². The number of benzene rings is 1. The van der Waals surface area contributed by atoms with Crippen LogP contribution in [0.4, 0.5) is 11.4 Å². The molecule has 0 radical (unpaired) electrons. The fourth-order valence-corrected chi connectivity index (χ4v) is 1.60. The molecule has 96 valence electrons. The molecule has 1 aromatic rings. The van der Waals surface area contributed by atoms with Crippen LogP contribution in [0.3, 0.4) is 0 Å².